The molecule has 0 bridgehead atoms. The third-order valence-electron chi connectivity index (χ3n) is 2.61. The number of amides is 1. The van der Waals surface area contributed by atoms with Crippen molar-refractivity contribution in [3.8, 4) is 5.75 Å². The van der Waals surface area contributed by atoms with Crippen molar-refractivity contribution in [3.05, 3.63) is 23.8 Å². The van der Waals surface area contributed by atoms with Crippen molar-refractivity contribution in [2.45, 2.75) is 18.9 Å². The van der Waals surface area contributed by atoms with Gasteiger partial charge in [-0.05, 0) is 31.0 Å². The van der Waals surface area contributed by atoms with Crippen LogP contribution in [0.2, 0.25) is 0 Å². The molecule has 1 aromatic carbocycles. The Balaban J connectivity index is 2.25. The number of hydrogen-bond donors (Lipinski definition) is 1. The van der Waals surface area contributed by atoms with Gasteiger partial charge in [0.15, 0.2) is 0 Å². The molecule has 5 nitrogen and oxygen atoms in total. The van der Waals surface area contributed by atoms with Crippen molar-refractivity contribution in [2.24, 2.45) is 0 Å². The molecular formula is C13H14ClNO4. The van der Waals surface area contributed by atoms with Gasteiger partial charge in [0.2, 0.25) is 5.91 Å². The first-order valence-corrected chi connectivity index (χ1v) is 6.42. The van der Waals surface area contributed by atoms with Crippen LogP contribution < -0.4 is 10.1 Å². The van der Waals surface area contributed by atoms with Gasteiger partial charge in [-0.2, -0.15) is 0 Å². The van der Waals surface area contributed by atoms with Crippen molar-refractivity contribution >= 4 is 29.2 Å². The van der Waals surface area contributed by atoms with E-state index in [1.165, 1.54) is 13.2 Å². The second-order valence-electron chi connectivity index (χ2n) is 4.20. The van der Waals surface area contributed by atoms with Gasteiger partial charge in [0.05, 0.1) is 24.5 Å². The topological polar surface area (TPSA) is 64.6 Å². The lowest BCUT2D eigenvalue weighted by atomic mass is 10.2. The van der Waals surface area contributed by atoms with Gasteiger partial charge in [-0.1, -0.05) is 0 Å². The molecule has 19 heavy (non-hydrogen) atoms. The molecule has 1 fully saturated rings. The lowest BCUT2D eigenvalue weighted by Crippen LogP contribution is -2.15. The van der Waals surface area contributed by atoms with Gasteiger partial charge in [-0.3, -0.25) is 4.79 Å². The van der Waals surface area contributed by atoms with Gasteiger partial charge in [0.1, 0.15) is 11.6 Å². The number of rotatable bonds is 5. The zero-order chi connectivity index (χ0) is 13.8. The molecule has 1 saturated carbocycles. The first-order chi connectivity index (χ1) is 9.13. The molecular weight excluding hydrogens is 270 g/mol. The van der Waals surface area contributed by atoms with Crippen molar-refractivity contribution < 1.29 is 19.1 Å². The number of alkyl halides is 1. The smallest absolute Gasteiger partial charge is 0.337 e. The molecule has 1 aromatic rings. The summed E-state index contributed by atoms with van der Waals surface area (Å²) < 4.78 is 10.3. The summed E-state index contributed by atoms with van der Waals surface area (Å²) >= 11 is 5.46. The van der Waals surface area contributed by atoms with Gasteiger partial charge >= 0.3 is 5.97 Å². The van der Waals surface area contributed by atoms with Gasteiger partial charge < -0.3 is 14.8 Å². The highest BCUT2D eigenvalue weighted by Crippen LogP contribution is 2.33. The molecule has 0 spiro atoms. The van der Waals surface area contributed by atoms with Crippen LogP contribution in [0.25, 0.3) is 0 Å². The van der Waals surface area contributed by atoms with E-state index in [9.17, 15) is 9.59 Å². The molecule has 0 saturated heterocycles. The van der Waals surface area contributed by atoms with Crippen LogP contribution in [-0.4, -0.2) is 31.0 Å². The van der Waals surface area contributed by atoms with Crippen LogP contribution in [0, 0.1) is 0 Å². The fraction of sp³-hybridized carbons (Fsp3) is 0.385. The molecule has 1 N–H and O–H groups in total. The number of carbonyl (C=O) groups excluding carboxylic acids is 2. The molecule has 0 heterocycles. The van der Waals surface area contributed by atoms with Crippen LogP contribution in [0.15, 0.2) is 18.2 Å². The number of ether oxygens (including phenoxy) is 2. The fourth-order valence-corrected chi connectivity index (χ4v) is 1.59. The van der Waals surface area contributed by atoms with Gasteiger partial charge in [-0.15, -0.1) is 11.6 Å². The Kier molecular flexibility index (Phi) is 4.27. The second-order valence-corrected chi connectivity index (χ2v) is 4.47. The monoisotopic (exact) mass is 283 g/mol. The first-order valence-electron chi connectivity index (χ1n) is 5.89. The summed E-state index contributed by atoms with van der Waals surface area (Å²) in [5, 5.41) is 2.61. The molecule has 6 heteroatoms. The molecule has 1 aliphatic rings. The number of hydrogen-bond acceptors (Lipinski definition) is 4. The Morgan fingerprint density at radius 1 is 1.42 bits per heavy atom. The zero-order valence-corrected chi connectivity index (χ0v) is 11.2. The minimum absolute atomic E-state index is 0.161. The number of carbonyl (C=O) groups is 2. The van der Waals surface area contributed by atoms with E-state index in [1.54, 1.807) is 12.1 Å². The average molecular weight is 284 g/mol. The fourth-order valence-electron chi connectivity index (χ4n) is 1.52. The maximum Gasteiger partial charge on any atom is 0.337 e. The number of methoxy groups -OCH3 is 1. The standard InChI is InChI=1S/C13H14ClNO4/c1-18-13(17)8-2-5-11(19-9-3-4-9)10(6-8)15-12(16)7-14/h2,5-6,9H,3-4,7H2,1H3,(H,15,16). The summed E-state index contributed by atoms with van der Waals surface area (Å²) in [5.41, 5.74) is 0.774. The third kappa shape index (κ3) is 3.61. The quantitative estimate of drug-likeness (QED) is 0.664. The van der Waals surface area contributed by atoms with E-state index in [0.717, 1.165) is 12.8 Å². The molecule has 0 atom stereocenters. The molecule has 1 amide bonds. The molecule has 1 aliphatic carbocycles. The zero-order valence-electron chi connectivity index (χ0n) is 10.4. The largest absolute Gasteiger partial charge is 0.488 e. The van der Waals surface area contributed by atoms with Crippen LogP contribution in [0.5, 0.6) is 5.75 Å². The Bertz CT molecular complexity index is 499. The Hall–Kier alpha value is -1.75. The summed E-state index contributed by atoms with van der Waals surface area (Å²) in [6, 6.07) is 4.77. The van der Waals surface area contributed by atoms with Gasteiger partial charge in [0, 0.05) is 0 Å². The van der Waals surface area contributed by atoms with Crippen LogP contribution in [-0.2, 0) is 9.53 Å². The Morgan fingerprint density at radius 2 is 2.16 bits per heavy atom. The van der Waals surface area contributed by atoms with E-state index in [-0.39, 0.29) is 17.9 Å². The third-order valence-corrected chi connectivity index (χ3v) is 2.86. The van der Waals surface area contributed by atoms with Gasteiger partial charge in [-0.25, -0.2) is 4.79 Å². The lowest BCUT2D eigenvalue weighted by Gasteiger charge is -2.12. The molecule has 102 valence electrons. The van der Waals surface area contributed by atoms with E-state index in [2.05, 4.69) is 10.1 Å². The number of halogens is 1. The summed E-state index contributed by atoms with van der Waals surface area (Å²) in [4.78, 5) is 22.8. The van der Waals surface area contributed by atoms with E-state index >= 15 is 0 Å². The summed E-state index contributed by atoms with van der Waals surface area (Å²) in [7, 11) is 1.30. The van der Waals surface area contributed by atoms with Crippen LogP contribution in [0.3, 0.4) is 0 Å². The van der Waals surface area contributed by atoms with E-state index in [4.69, 9.17) is 16.3 Å². The molecule has 0 radical (unpaired) electrons. The van der Waals surface area contributed by atoms with Crippen molar-refractivity contribution in [1.29, 1.82) is 0 Å². The molecule has 0 aliphatic heterocycles. The van der Waals surface area contributed by atoms with Crippen LogP contribution in [0.4, 0.5) is 5.69 Å². The van der Waals surface area contributed by atoms with Gasteiger partial charge in [0.25, 0.3) is 0 Å². The highest BCUT2D eigenvalue weighted by molar-refractivity contribution is 6.29. The number of benzene rings is 1. The number of nitrogens with one attached hydrogen (secondary N) is 1. The number of esters is 1. The second kappa shape index (κ2) is 5.93. The Labute approximate surface area is 115 Å². The minimum atomic E-state index is -0.473. The predicted octanol–water partition coefficient (Wildman–Crippen LogP) is 2.19. The van der Waals surface area contributed by atoms with E-state index < -0.39 is 5.97 Å². The van der Waals surface area contributed by atoms with Crippen molar-refractivity contribution in [2.75, 3.05) is 18.3 Å². The molecule has 2 rings (SSSR count). The molecule has 0 aromatic heterocycles. The number of anilines is 1. The Morgan fingerprint density at radius 3 is 2.74 bits per heavy atom. The average Bonchev–Trinajstić information content (AvgIpc) is 3.23. The normalized spacial score (nSPS) is 13.8. The minimum Gasteiger partial charge on any atom is -0.488 e. The lowest BCUT2D eigenvalue weighted by molar-refractivity contribution is -0.113. The van der Waals surface area contributed by atoms with Crippen molar-refractivity contribution in [3.63, 3.8) is 0 Å². The van der Waals surface area contributed by atoms with E-state index in [0.29, 0.717) is 17.0 Å². The highest BCUT2D eigenvalue weighted by Gasteiger charge is 2.25. The highest BCUT2D eigenvalue weighted by atomic mass is 35.5. The summed E-state index contributed by atoms with van der Waals surface area (Å²) in [6.07, 6.45) is 2.19. The van der Waals surface area contributed by atoms with Crippen LogP contribution >= 0.6 is 11.6 Å². The first kappa shape index (κ1) is 13.7. The SMILES string of the molecule is COC(=O)c1ccc(OC2CC2)c(NC(=O)CCl)c1. The summed E-state index contributed by atoms with van der Waals surface area (Å²) in [5.74, 6) is -0.456. The van der Waals surface area contributed by atoms with Crippen molar-refractivity contribution in [1.82, 2.24) is 0 Å². The summed E-state index contributed by atoms with van der Waals surface area (Å²) in [6.45, 7) is 0. The predicted molar refractivity (Wildman–Crippen MR) is 70.8 cm³/mol. The molecule has 0 unspecified atom stereocenters. The maximum absolute atomic E-state index is 11.5. The maximum atomic E-state index is 11.5. The van der Waals surface area contributed by atoms with Crippen LogP contribution in [0.1, 0.15) is 23.2 Å². The van der Waals surface area contributed by atoms with E-state index in [1.807, 2.05) is 0 Å².